The SMILES string of the molecule is CCCC/C=C/CCC[N+](C(CC)C(=O)[O-])(C(CC)C(=O)O)C(CC)C(=O)O. The van der Waals surface area contributed by atoms with Gasteiger partial charge in [0.15, 0.2) is 12.1 Å². The van der Waals surface area contributed by atoms with Crippen LogP contribution in [0.4, 0.5) is 0 Å². The summed E-state index contributed by atoms with van der Waals surface area (Å²) in [5.41, 5.74) is 0. The lowest BCUT2D eigenvalue weighted by atomic mass is 9.94. The number of carboxylic acids is 3. The van der Waals surface area contributed by atoms with Crippen molar-refractivity contribution in [1.82, 2.24) is 0 Å². The average molecular weight is 400 g/mol. The van der Waals surface area contributed by atoms with Gasteiger partial charge in [0.05, 0.1) is 12.5 Å². The minimum absolute atomic E-state index is 0.113. The lowest BCUT2D eigenvalue weighted by molar-refractivity contribution is -0.974. The summed E-state index contributed by atoms with van der Waals surface area (Å²) in [6.07, 6.45) is 8.80. The number of quaternary nitrogens is 1. The Bertz CT molecular complexity index is 476. The first-order chi connectivity index (χ1) is 13.2. The molecule has 7 nitrogen and oxygen atoms in total. The maximum atomic E-state index is 12.0. The molecule has 0 saturated heterocycles. The number of nitrogens with zero attached hydrogens (tertiary/aromatic N) is 1. The summed E-state index contributed by atoms with van der Waals surface area (Å²) in [7, 11) is 0. The van der Waals surface area contributed by atoms with Gasteiger partial charge in [0.1, 0.15) is 6.04 Å². The molecule has 0 saturated carbocycles. The molecular formula is C21H37NO6. The summed E-state index contributed by atoms with van der Waals surface area (Å²) < 4.78 is -0.501. The van der Waals surface area contributed by atoms with Gasteiger partial charge >= 0.3 is 11.9 Å². The number of carboxylic acid groups (broad SMARTS) is 3. The lowest BCUT2D eigenvalue weighted by Crippen LogP contribution is -2.73. The van der Waals surface area contributed by atoms with Crippen LogP contribution in [0.1, 0.15) is 79.1 Å². The number of aliphatic carboxylic acids is 3. The third-order valence-electron chi connectivity index (χ3n) is 5.55. The zero-order valence-electron chi connectivity index (χ0n) is 17.7. The molecule has 0 heterocycles. The van der Waals surface area contributed by atoms with Crippen LogP contribution in [-0.2, 0) is 14.4 Å². The predicted octanol–water partition coefficient (Wildman–Crippen LogP) is 2.58. The molecule has 0 aromatic carbocycles. The standard InChI is InChI=1S/C21H37NO6/c1-5-9-10-11-12-13-14-15-22(16(6-2)19(23)24,17(7-3)20(25)26)18(8-4)21(27)28/h11-12,16-18H,5-10,13-15H2,1-4H3,(H2-,23,24,25,26,27,28)/b12-11+. The minimum atomic E-state index is -1.39. The van der Waals surface area contributed by atoms with Crippen LogP contribution in [0.25, 0.3) is 0 Å². The van der Waals surface area contributed by atoms with Crippen molar-refractivity contribution in [3.8, 4) is 0 Å². The molecule has 0 aliphatic heterocycles. The highest BCUT2D eigenvalue weighted by Gasteiger charge is 2.53. The van der Waals surface area contributed by atoms with Crippen molar-refractivity contribution in [1.29, 1.82) is 0 Å². The highest BCUT2D eigenvalue weighted by Crippen LogP contribution is 2.32. The zero-order valence-corrected chi connectivity index (χ0v) is 17.7. The van der Waals surface area contributed by atoms with Gasteiger partial charge in [0.25, 0.3) is 0 Å². The monoisotopic (exact) mass is 399 g/mol. The predicted molar refractivity (Wildman–Crippen MR) is 106 cm³/mol. The Morgan fingerprint density at radius 2 is 1.25 bits per heavy atom. The summed E-state index contributed by atoms with van der Waals surface area (Å²) >= 11 is 0. The Morgan fingerprint density at radius 1 is 0.821 bits per heavy atom. The molecule has 0 amide bonds. The Morgan fingerprint density at radius 3 is 1.57 bits per heavy atom. The second kappa shape index (κ2) is 13.3. The number of unbranched alkanes of at least 4 members (excludes halogenated alkanes) is 3. The largest absolute Gasteiger partial charge is 0.544 e. The maximum absolute atomic E-state index is 12.0. The fourth-order valence-electron chi connectivity index (χ4n) is 4.30. The van der Waals surface area contributed by atoms with Crippen LogP contribution in [0.5, 0.6) is 0 Å². The normalized spacial score (nSPS) is 17.0. The first-order valence-corrected chi connectivity index (χ1v) is 10.4. The van der Waals surface area contributed by atoms with Gasteiger partial charge < -0.3 is 20.1 Å². The van der Waals surface area contributed by atoms with Gasteiger partial charge in [-0.25, -0.2) is 9.59 Å². The van der Waals surface area contributed by atoms with Crippen LogP contribution >= 0.6 is 0 Å². The van der Waals surface area contributed by atoms with Crippen molar-refractivity contribution < 1.29 is 34.2 Å². The van der Waals surface area contributed by atoms with Crippen LogP contribution in [0.15, 0.2) is 12.2 Å². The van der Waals surface area contributed by atoms with Crippen molar-refractivity contribution in [3.05, 3.63) is 12.2 Å². The van der Waals surface area contributed by atoms with E-state index in [9.17, 15) is 29.7 Å². The molecule has 0 aliphatic rings. The topological polar surface area (TPSA) is 115 Å². The van der Waals surface area contributed by atoms with E-state index in [0.29, 0.717) is 12.8 Å². The van der Waals surface area contributed by atoms with Crippen molar-refractivity contribution >= 4 is 17.9 Å². The summed E-state index contributed by atoms with van der Waals surface area (Å²) in [4.78, 5) is 36.0. The van der Waals surface area contributed by atoms with Gasteiger partial charge in [-0.05, 0) is 12.8 Å². The molecule has 0 spiro atoms. The quantitative estimate of drug-likeness (QED) is 0.234. The molecule has 0 aliphatic carbocycles. The number of carbonyl (C=O) groups excluding carboxylic acids is 1. The Kier molecular flexibility index (Phi) is 12.4. The van der Waals surface area contributed by atoms with Crippen molar-refractivity contribution in [3.63, 3.8) is 0 Å². The van der Waals surface area contributed by atoms with Gasteiger partial charge in [0.2, 0.25) is 0 Å². The lowest BCUT2D eigenvalue weighted by Gasteiger charge is -2.51. The third kappa shape index (κ3) is 6.62. The molecular weight excluding hydrogens is 362 g/mol. The number of rotatable bonds is 16. The zero-order chi connectivity index (χ0) is 21.7. The Hall–Kier alpha value is -1.89. The maximum Gasteiger partial charge on any atom is 0.362 e. The summed E-state index contributed by atoms with van der Waals surface area (Å²) in [5, 5.41) is 31.6. The smallest absolute Gasteiger partial charge is 0.362 e. The molecule has 7 heteroatoms. The second-order valence-electron chi connectivity index (χ2n) is 7.24. The molecule has 0 rings (SSSR count). The van der Waals surface area contributed by atoms with Crippen LogP contribution in [0.3, 0.4) is 0 Å². The number of allylic oxidation sites excluding steroid dienone is 2. The Balaban J connectivity index is 6.03. The van der Waals surface area contributed by atoms with E-state index in [0.717, 1.165) is 19.3 Å². The van der Waals surface area contributed by atoms with E-state index >= 15 is 0 Å². The van der Waals surface area contributed by atoms with Crippen LogP contribution in [0, 0.1) is 0 Å². The van der Waals surface area contributed by atoms with Crippen molar-refractivity contribution in [2.75, 3.05) is 6.54 Å². The molecule has 0 radical (unpaired) electrons. The highest BCUT2D eigenvalue weighted by molar-refractivity contribution is 5.77. The number of hydrogen-bond donors (Lipinski definition) is 2. The van der Waals surface area contributed by atoms with E-state index in [1.807, 2.05) is 6.08 Å². The van der Waals surface area contributed by atoms with Gasteiger partial charge in [-0.2, -0.15) is 0 Å². The second-order valence-corrected chi connectivity index (χ2v) is 7.24. The average Bonchev–Trinajstić information content (AvgIpc) is 2.61. The van der Waals surface area contributed by atoms with Gasteiger partial charge in [-0.15, -0.1) is 0 Å². The number of carbonyl (C=O) groups is 3. The first-order valence-electron chi connectivity index (χ1n) is 10.4. The molecule has 3 unspecified atom stereocenters. The van der Waals surface area contributed by atoms with E-state index in [4.69, 9.17) is 0 Å². The van der Waals surface area contributed by atoms with E-state index in [1.165, 1.54) is 0 Å². The van der Waals surface area contributed by atoms with Crippen molar-refractivity contribution in [2.45, 2.75) is 97.2 Å². The van der Waals surface area contributed by atoms with E-state index in [-0.39, 0.29) is 25.8 Å². The van der Waals surface area contributed by atoms with Crippen LogP contribution in [0.2, 0.25) is 0 Å². The van der Waals surface area contributed by atoms with Gasteiger partial charge in [-0.1, -0.05) is 52.7 Å². The molecule has 0 bridgehead atoms. The molecule has 0 aromatic rings. The fourth-order valence-corrected chi connectivity index (χ4v) is 4.30. The molecule has 0 fully saturated rings. The fraction of sp³-hybridized carbons (Fsp3) is 0.762. The summed E-state index contributed by atoms with van der Waals surface area (Å²) in [6, 6.07) is -3.42. The molecule has 28 heavy (non-hydrogen) atoms. The van der Waals surface area contributed by atoms with E-state index in [1.54, 1.807) is 20.8 Å². The Labute approximate surface area is 168 Å². The van der Waals surface area contributed by atoms with Crippen LogP contribution in [-0.4, -0.2) is 57.3 Å². The van der Waals surface area contributed by atoms with Crippen LogP contribution < -0.4 is 5.11 Å². The summed E-state index contributed by atoms with van der Waals surface area (Å²) in [6.45, 7) is 7.24. The highest BCUT2D eigenvalue weighted by atomic mass is 16.4. The molecule has 3 atom stereocenters. The van der Waals surface area contributed by atoms with E-state index < -0.39 is 40.5 Å². The molecule has 2 N–H and O–H groups in total. The summed E-state index contributed by atoms with van der Waals surface area (Å²) in [5.74, 6) is -3.72. The molecule has 0 aromatic heterocycles. The van der Waals surface area contributed by atoms with Crippen molar-refractivity contribution in [2.24, 2.45) is 0 Å². The molecule has 162 valence electrons. The number of hydrogen-bond acceptors (Lipinski definition) is 4. The first kappa shape index (κ1) is 26.1. The third-order valence-corrected chi connectivity index (χ3v) is 5.55. The van der Waals surface area contributed by atoms with Gasteiger partial charge in [0, 0.05) is 25.7 Å². The minimum Gasteiger partial charge on any atom is -0.544 e. The van der Waals surface area contributed by atoms with Gasteiger partial charge in [-0.3, -0.25) is 4.48 Å². The van der Waals surface area contributed by atoms with E-state index in [2.05, 4.69) is 13.0 Å².